The van der Waals surface area contributed by atoms with E-state index in [0.717, 1.165) is 37.2 Å². The standard InChI is InChI=1S/C23H28N4O3S2/c1-14-6-8-16(9-7-14)24-19-17(21(28)26-10-4-5-15(2)20(26)25-19)13-18-22(29)27(11-12-30-3)23(31)32-18/h4-5,10,13-14,16,24H,6-9,11-12H2,1-3H3/b18-13+. The molecule has 1 saturated heterocycles. The molecule has 2 fully saturated rings. The number of thiocarbonyl (C=S) groups is 1. The Balaban J connectivity index is 1.76. The van der Waals surface area contributed by atoms with E-state index >= 15 is 0 Å². The van der Waals surface area contributed by atoms with Gasteiger partial charge in [-0.2, -0.15) is 0 Å². The molecule has 1 saturated carbocycles. The summed E-state index contributed by atoms with van der Waals surface area (Å²) in [4.78, 5) is 33.2. The molecule has 1 aliphatic heterocycles. The predicted molar refractivity (Wildman–Crippen MR) is 133 cm³/mol. The maximum Gasteiger partial charge on any atom is 0.267 e. The molecule has 1 N–H and O–H groups in total. The highest BCUT2D eigenvalue weighted by atomic mass is 32.2. The van der Waals surface area contributed by atoms with E-state index in [0.29, 0.717) is 39.4 Å². The maximum absolute atomic E-state index is 13.5. The van der Waals surface area contributed by atoms with E-state index in [1.807, 2.05) is 19.1 Å². The van der Waals surface area contributed by atoms with Gasteiger partial charge in [-0.1, -0.05) is 37.0 Å². The van der Waals surface area contributed by atoms with E-state index < -0.39 is 0 Å². The Bertz CT molecular complexity index is 1140. The number of nitrogens with zero attached hydrogens (tertiary/aromatic N) is 3. The van der Waals surface area contributed by atoms with Crippen LogP contribution in [0.15, 0.2) is 28.0 Å². The number of amides is 1. The zero-order valence-corrected chi connectivity index (χ0v) is 20.2. The van der Waals surface area contributed by atoms with Crippen molar-refractivity contribution in [3.63, 3.8) is 0 Å². The first kappa shape index (κ1) is 22.9. The third-order valence-electron chi connectivity index (χ3n) is 6.11. The Hall–Kier alpha value is -2.23. The smallest absolute Gasteiger partial charge is 0.267 e. The van der Waals surface area contributed by atoms with Gasteiger partial charge >= 0.3 is 0 Å². The highest BCUT2D eigenvalue weighted by Gasteiger charge is 2.32. The molecule has 9 heteroatoms. The molecule has 2 aromatic rings. The average molecular weight is 473 g/mol. The van der Waals surface area contributed by atoms with Gasteiger partial charge in [-0.3, -0.25) is 18.9 Å². The molecule has 1 aliphatic carbocycles. The lowest BCUT2D eigenvalue weighted by molar-refractivity contribution is -0.122. The second kappa shape index (κ2) is 9.72. The van der Waals surface area contributed by atoms with Crippen LogP contribution in [0.5, 0.6) is 0 Å². The molecule has 2 aliphatic rings. The molecule has 4 rings (SSSR count). The van der Waals surface area contributed by atoms with Crippen LogP contribution < -0.4 is 10.9 Å². The van der Waals surface area contributed by atoms with Crippen molar-refractivity contribution in [1.29, 1.82) is 0 Å². The number of aryl methyl sites for hydroxylation is 1. The maximum atomic E-state index is 13.5. The third-order valence-corrected chi connectivity index (χ3v) is 7.49. The summed E-state index contributed by atoms with van der Waals surface area (Å²) in [5.41, 5.74) is 1.72. The Labute approximate surface area is 197 Å². The summed E-state index contributed by atoms with van der Waals surface area (Å²) >= 11 is 6.59. The van der Waals surface area contributed by atoms with Crippen LogP contribution in [0.1, 0.15) is 43.7 Å². The summed E-state index contributed by atoms with van der Waals surface area (Å²) < 4.78 is 7.10. The van der Waals surface area contributed by atoms with Crippen LogP contribution in [0.2, 0.25) is 0 Å². The molecular weight excluding hydrogens is 444 g/mol. The number of hydrogen-bond acceptors (Lipinski definition) is 7. The lowest BCUT2D eigenvalue weighted by atomic mass is 9.87. The van der Waals surface area contributed by atoms with Crippen LogP contribution in [0.4, 0.5) is 5.82 Å². The van der Waals surface area contributed by atoms with Gasteiger partial charge in [0.05, 0.1) is 23.6 Å². The van der Waals surface area contributed by atoms with E-state index in [1.165, 1.54) is 16.7 Å². The summed E-state index contributed by atoms with van der Waals surface area (Å²) in [6.45, 7) is 5.00. The van der Waals surface area contributed by atoms with E-state index in [2.05, 4.69) is 12.2 Å². The summed E-state index contributed by atoms with van der Waals surface area (Å²) in [7, 11) is 1.58. The van der Waals surface area contributed by atoms with Crippen molar-refractivity contribution in [2.75, 3.05) is 25.6 Å². The van der Waals surface area contributed by atoms with Crippen molar-refractivity contribution in [1.82, 2.24) is 14.3 Å². The largest absolute Gasteiger partial charge is 0.383 e. The van der Waals surface area contributed by atoms with E-state index in [9.17, 15) is 9.59 Å². The second-order valence-electron chi connectivity index (χ2n) is 8.49. The number of methoxy groups -OCH3 is 1. The molecule has 170 valence electrons. The van der Waals surface area contributed by atoms with E-state index in [-0.39, 0.29) is 17.5 Å². The van der Waals surface area contributed by atoms with Crippen molar-refractivity contribution >= 4 is 51.7 Å². The number of thioether (sulfide) groups is 1. The predicted octanol–water partition coefficient (Wildman–Crippen LogP) is 3.84. The van der Waals surface area contributed by atoms with Gasteiger partial charge in [0, 0.05) is 19.3 Å². The van der Waals surface area contributed by atoms with Gasteiger partial charge in [-0.15, -0.1) is 0 Å². The van der Waals surface area contributed by atoms with Crippen LogP contribution in [0.3, 0.4) is 0 Å². The number of rotatable bonds is 6. The fourth-order valence-corrected chi connectivity index (χ4v) is 5.45. The molecule has 0 unspecified atom stereocenters. The van der Waals surface area contributed by atoms with Gasteiger partial charge in [0.25, 0.3) is 11.5 Å². The van der Waals surface area contributed by atoms with E-state index in [4.69, 9.17) is 21.9 Å². The van der Waals surface area contributed by atoms with Crippen molar-refractivity contribution < 1.29 is 9.53 Å². The monoisotopic (exact) mass is 472 g/mol. The number of pyridine rings is 1. The molecular formula is C23H28N4O3S2. The number of aromatic nitrogens is 2. The molecule has 0 atom stereocenters. The lowest BCUT2D eigenvalue weighted by Gasteiger charge is -2.28. The highest BCUT2D eigenvalue weighted by molar-refractivity contribution is 8.26. The topological polar surface area (TPSA) is 75.9 Å². The minimum Gasteiger partial charge on any atom is -0.383 e. The molecule has 3 heterocycles. The average Bonchev–Trinajstić information content (AvgIpc) is 3.04. The van der Waals surface area contributed by atoms with Crippen molar-refractivity contribution in [2.24, 2.45) is 5.92 Å². The molecule has 1 amide bonds. The van der Waals surface area contributed by atoms with Crippen LogP contribution in [0, 0.1) is 12.8 Å². The van der Waals surface area contributed by atoms with Gasteiger partial charge in [-0.25, -0.2) is 4.98 Å². The van der Waals surface area contributed by atoms with Crippen molar-refractivity contribution in [2.45, 2.75) is 45.6 Å². The zero-order valence-electron chi connectivity index (χ0n) is 18.6. The number of carbonyl (C=O) groups is 1. The fourth-order valence-electron chi connectivity index (χ4n) is 4.16. The SMILES string of the molecule is COCCN1C(=O)/C(=C\c2c(NC3CCC(C)CC3)nc3c(C)cccn3c2=O)SC1=S. The number of carbonyl (C=O) groups excluding carboxylic acids is 1. The van der Waals surface area contributed by atoms with Crippen LogP contribution in [-0.4, -0.2) is 50.8 Å². The quantitative estimate of drug-likeness (QED) is 0.506. The van der Waals surface area contributed by atoms with Gasteiger partial charge in [0.1, 0.15) is 15.8 Å². The fraction of sp³-hybridized carbons (Fsp3) is 0.478. The summed E-state index contributed by atoms with van der Waals surface area (Å²) in [5, 5.41) is 3.52. The van der Waals surface area contributed by atoms with Crippen LogP contribution in [-0.2, 0) is 9.53 Å². The van der Waals surface area contributed by atoms with Crippen molar-refractivity contribution in [3.8, 4) is 0 Å². The minimum absolute atomic E-state index is 0.201. The molecule has 0 bridgehead atoms. The number of fused-ring (bicyclic) bond motifs is 1. The molecule has 7 nitrogen and oxygen atoms in total. The lowest BCUT2D eigenvalue weighted by Crippen LogP contribution is -2.31. The zero-order chi connectivity index (χ0) is 22.8. The molecule has 0 aromatic carbocycles. The minimum atomic E-state index is -0.205. The van der Waals surface area contributed by atoms with Gasteiger partial charge < -0.3 is 10.1 Å². The molecule has 2 aromatic heterocycles. The Morgan fingerprint density at radius 3 is 2.78 bits per heavy atom. The number of hydrogen-bond donors (Lipinski definition) is 1. The molecule has 0 radical (unpaired) electrons. The van der Waals surface area contributed by atoms with Gasteiger partial charge in [-0.05, 0) is 56.2 Å². The molecule has 32 heavy (non-hydrogen) atoms. The third kappa shape index (κ3) is 4.60. The van der Waals surface area contributed by atoms with Crippen molar-refractivity contribution in [3.05, 3.63) is 44.7 Å². The molecule has 0 spiro atoms. The van der Waals surface area contributed by atoms with Gasteiger partial charge in [0.2, 0.25) is 0 Å². The summed E-state index contributed by atoms with van der Waals surface area (Å²) in [6.07, 6.45) is 7.73. The van der Waals surface area contributed by atoms with E-state index in [1.54, 1.807) is 23.8 Å². The number of anilines is 1. The first-order valence-corrected chi connectivity index (χ1v) is 12.1. The van der Waals surface area contributed by atoms with Gasteiger partial charge in [0.15, 0.2) is 0 Å². The Morgan fingerprint density at radius 2 is 2.06 bits per heavy atom. The normalized spacial score (nSPS) is 22.8. The highest BCUT2D eigenvalue weighted by Crippen LogP contribution is 2.33. The van der Waals surface area contributed by atoms with Crippen LogP contribution >= 0.6 is 24.0 Å². The number of nitrogens with one attached hydrogen (secondary N) is 1. The van der Waals surface area contributed by atoms with Crippen LogP contribution in [0.25, 0.3) is 11.7 Å². The number of ether oxygens (including phenoxy) is 1. The first-order valence-electron chi connectivity index (χ1n) is 10.9. The Morgan fingerprint density at radius 1 is 1.31 bits per heavy atom. The first-order chi connectivity index (χ1) is 15.4. The Kier molecular flexibility index (Phi) is 6.97. The second-order valence-corrected chi connectivity index (χ2v) is 10.2. The summed E-state index contributed by atoms with van der Waals surface area (Å²) in [6, 6.07) is 4.02. The summed E-state index contributed by atoms with van der Waals surface area (Å²) in [5.74, 6) is 1.05.